The predicted molar refractivity (Wildman–Crippen MR) is 111 cm³/mol. The number of rotatable bonds is 5. The summed E-state index contributed by atoms with van der Waals surface area (Å²) >= 11 is 0. The highest BCUT2D eigenvalue weighted by molar-refractivity contribution is 14.0. The van der Waals surface area contributed by atoms with Crippen molar-refractivity contribution in [2.45, 2.75) is 33.7 Å². The average molecular weight is 441 g/mol. The van der Waals surface area contributed by atoms with Crippen molar-refractivity contribution < 1.29 is 0 Å². The lowest BCUT2D eigenvalue weighted by atomic mass is 10.1. The first-order valence-corrected chi connectivity index (χ1v) is 8.01. The Morgan fingerprint density at radius 3 is 2.46 bits per heavy atom. The molecule has 1 aromatic carbocycles. The molecule has 2 aromatic rings. The summed E-state index contributed by atoms with van der Waals surface area (Å²) in [5.74, 6) is 0.826. The van der Waals surface area contributed by atoms with Crippen molar-refractivity contribution in [3.63, 3.8) is 0 Å². The van der Waals surface area contributed by atoms with Crippen molar-refractivity contribution >= 4 is 29.9 Å². The summed E-state index contributed by atoms with van der Waals surface area (Å²) < 4.78 is 1.94. The molecule has 0 saturated carbocycles. The zero-order valence-electron chi connectivity index (χ0n) is 15.2. The maximum Gasteiger partial charge on any atom is 0.191 e. The van der Waals surface area contributed by atoms with E-state index in [0.29, 0.717) is 0 Å². The molecule has 0 saturated heterocycles. The molecule has 0 radical (unpaired) electrons. The van der Waals surface area contributed by atoms with Gasteiger partial charge in [0.05, 0.1) is 5.69 Å². The summed E-state index contributed by atoms with van der Waals surface area (Å²) in [6.07, 6.45) is 0.941. The van der Waals surface area contributed by atoms with Crippen LogP contribution in [-0.4, -0.2) is 29.3 Å². The molecular weight excluding hydrogens is 413 g/mol. The number of aliphatic imine (C=N–C) groups is 1. The number of benzene rings is 1. The van der Waals surface area contributed by atoms with Gasteiger partial charge in [-0.3, -0.25) is 9.67 Å². The Kier molecular flexibility index (Phi) is 8.24. The van der Waals surface area contributed by atoms with Gasteiger partial charge in [-0.15, -0.1) is 24.0 Å². The summed E-state index contributed by atoms with van der Waals surface area (Å²) in [4.78, 5) is 4.29. The lowest BCUT2D eigenvalue weighted by Crippen LogP contribution is -2.38. The summed E-state index contributed by atoms with van der Waals surface area (Å²) in [7, 11) is 3.79. The van der Waals surface area contributed by atoms with Crippen molar-refractivity contribution in [1.82, 2.24) is 20.4 Å². The third-order valence-corrected chi connectivity index (χ3v) is 4.26. The second-order valence-corrected chi connectivity index (χ2v) is 5.80. The third-order valence-electron chi connectivity index (χ3n) is 4.26. The van der Waals surface area contributed by atoms with Crippen LogP contribution in [0.2, 0.25) is 0 Å². The Morgan fingerprint density at radius 1 is 1.17 bits per heavy atom. The second-order valence-electron chi connectivity index (χ2n) is 5.80. The van der Waals surface area contributed by atoms with Gasteiger partial charge in [-0.05, 0) is 43.9 Å². The van der Waals surface area contributed by atoms with Crippen molar-refractivity contribution in [3.8, 4) is 0 Å². The van der Waals surface area contributed by atoms with E-state index in [1.807, 2.05) is 11.7 Å². The number of halogens is 1. The van der Waals surface area contributed by atoms with Crippen molar-refractivity contribution in [3.05, 3.63) is 52.3 Å². The quantitative estimate of drug-likeness (QED) is 0.426. The Bertz CT molecular complexity index is 691. The minimum Gasteiger partial charge on any atom is -0.356 e. The number of aryl methyl sites for hydroxylation is 3. The molecule has 0 atom stereocenters. The Labute approximate surface area is 162 Å². The molecule has 0 aliphatic carbocycles. The molecule has 0 aliphatic rings. The highest BCUT2D eigenvalue weighted by Crippen LogP contribution is 2.11. The van der Waals surface area contributed by atoms with Crippen molar-refractivity contribution in [1.29, 1.82) is 0 Å². The van der Waals surface area contributed by atoms with Crippen LogP contribution in [0.4, 0.5) is 0 Å². The van der Waals surface area contributed by atoms with E-state index in [0.717, 1.165) is 31.2 Å². The molecule has 132 valence electrons. The van der Waals surface area contributed by atoms with E-state index in [-0.39, 0.29) is 24.0 Å². The molecule has 2 N–H and O–H groups in total. The fourth-order valence-corrected chi connectivity index (χ4v) is 2.69. The van der Waals surface area contributed by atoms with Gasteiger partial charge in [0, 0.05) is 32.9 Å². The van der Waals surface area contributed by atoms with Crippen molar-refractivity contribution in [2.75, 3.05) is 13.6 Å². The van der Waals surface area contributed by atoms with Crippen LogP contribution in [0.3, 0.4) is 0 Å². The molecular formula is C18H28IN5. The summed E-state index contributed by atoms with van der Waals surface area (Å²) in [5, 5.41) is 11.2. The molecule has 0 unspecified atom stereocenters. The highest BCUT2D eigenvalue weighted by Gasteiger charge is 2.09. The SMILES string of the molecule is CN=C(NCCc1c(C)nn(C)c1C)NCc1ccccc1C.I. The predicted octanol–water partition coefficient (Wildman–Crippen LogP) is 2.87. The molecule has 0 amide bonds. The topological polar surface area (TPSA) is 54.2 Å². The van der Waals surface area contributed by atoms with Gasteiger partial charge in [0.2, 0.25) is 0 Å². The first-order chi connectivity index (χ1) is 11.0. The first kappa shape index (κ1) is 20.5. The van der Waals surface area contributed by atoms with Crippen LogP contribution in [0.15, 0.2) is 29.3 Å². The van der Waals surface area contributed by atoms with Crippen LogP contribution in [0.25, 0.3) is 0 Å². The fraction of sp³-hybridized carbons (Fsp3) is 0.444. The number of aromatic nitrogens is 2. The van der Waals surface area contributed by atoms with Gasteiger partial charge in [-0.1, -0.05) is 24.3 Å². The smallest absolute Gasteiger partial charge is 0.191 e. The summed E-state index contributed by atoms with van der Waals surface area (Å²) in [6.45, 7) is 7.91. The average Bonchev–Trinajstić information content (AvgIpc) is 2.78. The largest absolute Gasteiger partial charge is 0.356 e. The molecule has 1 aromatic heterocycles. The first-order valence-electron chi connectivity index (χ1n) is 8.01. The van der Waals surface area contributed by atoms with Crippen LogP contribution < -0.4 is 10.6 Å². The number of hydrogen-bond donors (Lipinski definition) is 2. The lowest BCUT2D eigenvalue weighted by Gasteiger charge is -2.13. The van der Waals surface area contributed by atoms with Gasteiger partial charge in [0.25, 0.3) is 0 Å². The van der Waals surface area contributed by atoms with Crippen molar-refractivity contribution in [2.24, 2.45) is 12.0 Å². The fourth-order valence-electron chi connectivity index (χ4n) is 2.69. The van der Waals surface area contributed by atoms with E-state index in [1.165, 1.54) is 22.4 Å². The second kappa shape index (κ2) is 9.66. The normalized spacial score (nSPS) is 11.1. The minimum absolute atomic E-state index is 0. The number of guanidine groups is 1. The Balaban J connectivity index is 0.00000288. The Hall–Kier alpha value is -1.57. The van der Waals surface area contributed by atoms with Crippen LogP contribution in [0.5, 0.6) is 0 Å². The van der Waals surface area contributed by atoms with Crippen LogP contribution in [-0.2, 0) is 20.0 Å². The molecule has 0 fully saturated rings. The van der Waals surface area contributed by atoms with Gasteiger partial charge < -0.3 is 10.6 Å². The van der Waals surface area contributed by atoms with E-state index in [2.05, 4.69) is 65.8 Å². The molecule has 5 nitrogen and oxygen atoms in total. The number of hydrogen-bond acceptors (Lipinski definition) is 2. The van der Waals surface area contributed by atoms with E-state index >= 15 is 0 Å². The molecule has 1 heterocycles. The van der Waals surface area contributed by atoms with Crippen LogP contribution in [0, 0.1) is 20.8 Å². The zero-order valence-corrected chi connectivity index (χ0v) is 17.5. The molecule has 6 heteroatoms. The summed E-state index contributed by atoms with van der Waals surface area (Å²) in [6, 6.07) is 8.39. The standard InChI is InChI=1S/C18H27N5.HI/c1-13-8-6-7-9-16(13)12-21-18(19-4)20-11-10-17-14(2)22-23(5)15(17)3;/h6-9H,10-12H2,1-5H3,(H2,19,20,21);1H. The van der Waals surface area contributed by atoms with Gasteiger partial charge in [0.15, 0.2) is 5.96 Å². The number of nitrogens with one attached hydrogen (secondary N) is 2. The molecule has 0 aliphatic heterocycles. The van der Waals surface area contributed by atoms with E-state index < -0.39 is 0 Å². The summed E-state index contributed by atoms with van der Waals surface area (Å²) in [5.41, 5.74) is 6.22. The van der Waals surface area contributed by atoms with E-state index in [4.69, 9.17) is 0 Å². The van der Waals surface area contributed by atoms with Crippen LogP contribution >= 0.6 is 24.0 Å². The van der Waals surface area contributed by atoms with Gasteiger partial charge in [-0.2, -0.15) is 5.10 Å². The van der Waals surface area contributed by atoms with Gasteiger partial charge in [0.1, 0.15) is 0 Å². The van der Waals surface area contributed by atoms with Crippen LogP contribution in [0.1, 0.15) is 28.1 Å². The maximum atomic E-state index is 4.46. The van der Waals surface area contributed by atoms with E-state index in [9.17, 15) is 0 Å². The number of nitrogens with zero attached hydrogens (tertiary/aromatic N) is 3. The highest BCUT2D eigenvalue weighted by atomic mass is 127. The molecule has 24 heavy (non-hydrogen) atoms. The minimum atomic E-state index is 0. The third kappa shape index (κ3) is 5.22. The Morgan fingerprint density at radius 2 is 1.88 bits per heavy atom. The van der Waals surface area contributed by atoms with Gasteiger partial charge in [-0.25, -0.2) is 0 Å². The zero-order chi connectivity index (χ0) is 16.8. The molecule has 2 rings (SSSR count). The lowest BCUT2D eigenvalue weighted by molar-refractivity contribution is 0.728. The molecule has 0 bridgehead atoms. The monoisotopic (exact) mass is 441 g/mol. The maximum absolute atomic E-state index is 4.46. The van der Waals surface area contributed by atoms with E-state index in [1.54, 1.807) is 7.05 Å². The molecule has 0 spiro atoms. The van der Waals surface area contributed by atoms with Gasteiger partial charge >= 0.3 is 0 Å².